The summed E-state index contributed by atoms with van der Waals surface area (Å²) >= 11 is 0. The topological polar surface area (TPSA) is 12.0 Å². The Kier molecular flexibility index (Phi) is 0.711. The lowest BCUT2D eigenvalue weighted by Gasteiger charge is -1.77. The number of hydrogen-bond donors (Lipinski definition) is 1. The minimum Gasteiger partial charge on any atom is -0.309 e. The van der Waals surface area contributed by atoms with Gasteiger partial charge in [0.2, 0.25) is 0 Å². The zero-order valence-electron chi connectivity index (χ0n) is 2.99. The van der Waals surface area contributed by atoms with E-state index in [2.05, 4.69) is 11.4 Å². The summed E-state index contributed by atoms with van der Waals surface area (Å²) in [5.74, 6) is 0. The van der Waals surface area contributed by atoms with Gasteiger partial charge < -0.3 is 5.32 Å². The van der Waals surface area contributed by atoms with Gasteiger partial charge in [0.15, 0.2) is 0 Å². The van der Waals surface area contributed by atoms with Crippen LogP contribution in [-0.4, -0.2) is 13.1 Å². The van der Waals surface area contributed by atoms with Gasteiger partial charge in [0, 0.05) is 13.1 Å². The van der Waals surface area contributed by atoms with E-state index in [-0.39, 0.29) is 0 Å². The average Bonchev–Trinajstić information content (AvgIpc) is 1.76. The summed E-state index contributed by atoms with van der Waals surface area (Å²) in [4.78, 5) is 0. The van der Waals surface area contributed by atoms with Gasteiger partial charge in [-0.2, -0.15) is 0 Å². The summed E-state index contributed by atoms with van der Waals surface area (Å²) in [5.41, 5.74) is 0. The molecule has 1 radical (unpaired) electrons. The summed E-state index contributed by atoms with van der Waals surface area (Å²) in [6, 6.07) is 0. The lowest BCUT2D eigenvalue weighted by Crippen LogP contribution is -2.05. The fourth-order valence-corrected chi connectivity index (χ4v) is 0.361. The minimum absolute atomic E-state index is 0.944. The van der Waals surface area contributed by atoms with Crippen LogP contribution in [0.2, 0.25) is 0 Å². The second-order valence-electron chi connectivity index (χ2n) is 1.04. The maximum atomic E-state index is 3.06. The Hall–Kier alpha value is -0.300. The highest BCUT2D eigenvalue weighted by Crippen LogP contribution is 1.73. The van der Waals surface area contributed by atoms with Crippen LogP contribution < -0.4 is 5.32 Å². The third-order valence-corrected chi connectivity index (χ3v) is 0.618. The smallest absolute Gasteiger partial charge is 0.0208 e. The Bertz CT molecular complexity index is 41.6. The van der Waals surface area contributed by atoms with Crippen molar-refractivity contribution in [2.24, 2.45) is 0 Å². The molecule has 1 rings (SSSR count). The molecule has 0 bridgehead atoms. The van der Waals surface area contributed by atoms with Crippen molar-refractivity contribution in [2.75, 3.05) is 13.1 Å². The number of nitrogens with one attached hydrogen (secondary N) is 1. The first-order valence-corrected chi connectivity index (χ1v) is 1.76. The molecule has 0 aromatic rings. The first-order chi connectivity index (χ1) is 2.50. The Labute approximate surface area is 31.7 Å². The highest BCUT2D eigenvalue weighted by molar-refractivity contribution is 4.84. The second-order valence-corrected chi connectivity index (χ2v) is 1.04. The third kappa shape index (κ3) is 0.484. The molecule has 0 spiro atoms. The predicted molar refractivity (Wildman–Crippen MR) is 20.7 cm³/mol. The van der Waals surface area contributed by atoms with Gasteiger partial charge in [-0.25, -0.2) is 0 Å². The molecule has 1 heterocycles. The van der Waals surface area contributed by atoms with E-state index in [1.807, 2.05) is 6.08 Å². The molecule has 1 aliphatic rings. The highest BCUT2D eigenvalue weighted by Gasteiger charge is 1.82. The normalized spacial score (nSPS) is 20.8. The summed E-state index contributed by atoms with van der Waals surface area (Å²) in [5, 5.41) is 3.06. The molecular weight excluding hydrogens is 62.1 g/mol. The van der Waals surface area contributed by atoms with Crippen LogP contribution in [0.4, 0.5) is 0 Å². The van der Waals surface area contributed by atoms with Crippen molar-refractivity contribution in [3.63, 3.8) is 0 Å². The Balaban J connectivity index is 2.32. The molecule has 0 aliphatic carbocycles. The predicted octanol–water partition coefficient (Wildman–Crippen LogP) is -0.0510. The molecule has 1 nitrogen and oxygen atoms in total. The standard InChI is InChI=1S/C4H6N/c1-2-4-5-3-1/h1,5H,3-4H2. The Morgan fingerprint density at radius 1 is 1.80 bits per heavy atom. The van der Waals surface area contributed by atoms with Crippen LogP contribution in [0.3, 0.4) is 0 Å². The maximum absolute atomic E-state index is 3.06. The third-order valence-electron chi connectivity index (χ3n) is 0.618. The van der Waals surface area contributed by atoms with E-state index in [0.717, 1.165) is 13.1 Å². The summed E-state index contributed by atoms with van der Waals surface area (Å²) in [7, 11) is 0. The lowest BCUT2D eigenvalue weighted by molar-refractivity contribution is 0.886. The van der Waals surface area contributed by atoms with Crippen molar-refractivity contribution in [3.05, 3.63) is 12.2 Å². The fraction of sp³-hybridized carbons (Fsp3) is 0.500. The quantitative estimate of drug-likeness (QED) is 0.419. The first kappa shape index (κ1) is 2.91. The molecule has 5 heavy (non-hydrogen) atoms. The van der Waals surface area contributed by atoms with E-state index in [9.17, 15) is 0 Å². The maximum Gasteiger partial charge on any atom is 0.0208 e. The van der Waals surface area contributed by atoms with Crippen LogP contribution in [-0.2, 0) is 0 Å². The molecule has 1 heteroatoms. The van der Waals surface area contributed by atoms with E-state index < -0.39 is 0 Å². The summed E-state index contributed by atoms with van der Waals surface area (Å²) in [6.07, 6.45) is 4.99. The lowest BCUT2D eigenvalue weighted by atomic mass is 10.6. The van der Waals surface area contributed by atoms with Gasteiger partial charge in [-0.05, 0) is 6.08 Å². The van der Waals surface area contributed by atoms with Crippen molar-refractivity contribution in [3.8, 4) is 0 Å². The van der Waals surface area contributed by atoms with E-state index >= 15 is 0 Å². The molecule has 1 N–H and O–H groups in total. The first-order valence-electron chi connectivity index (χ1n) is 1.76. The average molecular weight is 68.1 g/mol. The SMILES string of the molecule is [C]1=CCNC1. The van der Waals surface area contributed by atoms with Crippen molar-refractivity contribution in [2.45, 2.75) is 0 Å². The summed E-state index contributed by atoms with van der Waals surface area (Å²) in [6.45, 7) is 1.96. The number of rotatable bonds is 0. The van der Waals surface area contributed by atoms with E-state index in [4.69, 9.17) is 0 Å². The van der Waals surface area contributed by atoms with E-state index in [1.165, 1.54) is 0 Å². The largest absolute Gasteiger partial charge is 0.309 e. The van der Waals surface area contributed by atoms with Crippen LogP contribution in [0.1, 0.15) is 0 Å². The van der Waals surface area contributed by atoms with Crippen LogP contribution in [0, 0.1) is 6.08 Å². The van der Waals surface area contributed by atoms with Gasteiger partial charge in [0.1, 0.15) is 0 Å². The monoisotopic (exact) mass is 68.1 g/mol. The molecule has 0 amide bonds. The molecule has 27 valence electrons. The summed E-state index contributed by atoms with van der Waals surface area (Å²) < 4.78 is 0. The molecule has 0 aromatic heterocycles. The second kappa shape index (κ2) is 1.22. The van der Waals surface area contributed by atoms with Crippen LogP contribution >= 0.6 is 0 Å². The van der Waals surface area contributed by atoms with Crippen molar-refractivity contribution < 1.29 is 0 Å². The van der Waals surface area contributed by atoms with Gasteiger partial charge in [-0.1, -0.05) is 6.08 Å². The van der Waals surface area contributed by atoms with Gasteiger partial charge in [0.25, 0.3) is 0 Å². The highest BCUT2D eigenvalue weighted by atomic mass is 14.9. The zero-order valence-corrected chi connectivity index (χ0v) is 2.99. The molecule has 0 fully saturated rings. The fourth-order valence-electron chi connectivity index (χ4n) is 0.361. The van der Waals surface area contributed by atoms with Crippen molar-refractivity contribution in [1.82, 2.24) is 5.32 Å². The Morgan fingerprint density at radius 2 is 2.80 bits per heavy atom. The molecule has 0 unspecified atom stereocenters. The molecule has 0 aromatic carbocycles. The van der Waals surface area contributed by atoms with Gasteiger partial charge in [-0.3, -0.25) is 0 Å². The van der Waals surface area contributed by atoms with Gasteiger partial charge in [-0.15, -0.1) is 0 Å². The minimum atomic E-state index is 0.944. The van der Waals surface area contributed by atoms with Crippen molar-refractivity contribution in [1.29, 1.82) is 0 Å². The van der Waals surface area contributed by atoms with Crippen LogP contribution in [0.25, 0.3) is 0 Å². The Morgan fingerprint density at radius 3 is 3.00 bits per heavy atom. The van der Waals surface area contributed by atoms with Crippen LogP contribution in [0.15, 0.2) is 6.08 Å². The molecular formula is C4H6N. The molecule has 1 aliphatic heterocycles. The molecule has 0 saturated heterocycles. The van der Waals surface area contributed by atoms with E-state index in [1.54, 1.807) is 0 Å². The number of hydrogen-bond acceptors (Lipinski definition) is 1. The molecule has 0 saturated carbocycles. The molecule has 0 atom stereocenters. The van der Waals surface area contributed by atoms with Gasteiger partial charge in [0.05, 0.1) is 0 Å². The zero-order chi connectivity index (χ0) is 3.54. The van der Waals surface area contributed by atoms with Crippen molar-refractivity contribution >= 4 is 0 Å². The van der Waals surface area contributed by atoms with Crippen LogP contribution in [0.5, 0.6) is 0 Å². The van der Waals surface area contributed by atoms with Gasteiger partial charge >= 0.3 is 0 Å². The van der Waals surface area contributed by atoms with E-state index in [0.29, 0.717) is 0 Å².